The van der Waals surface area contributed by atoms with Crippen molar-refractivity contribution < 1.29 is 13.2 Å². The van der Waals surface area contributed by atoms with Crippen LogP contribution >= 0.6 is 15.9 Å². The van der Waals surface area contributed by atoms with E-state index in [4.69, 9.17) is 5.14 Å². The van der Waals surface area contributed by atoms with Gasteiger partial charge in [0.05, 0.1) is 10.9 Å². The molecule has 0 saturated heterocycles. The molecular formula is C17H20BrN3O3S. The fraction of sp³-hybridized carbons (Fsp3) is 0.235. The summed E-state index contributed by atoms with van der Waals surface area (Å²) < 4.78 is 23.8. The molecule has 1 unspecified atom stereocenters. The first-order valence-electron chi connectivity index (χ1n) is 7.56. The number of carbonyl (C=O) groups excluding carboxylic acids is 1. The van der Waals surface area contributed by atoms with Crippen molar-refractivity contribution in [2.45, 2.75) is 24.4 Å². The summed E-state index contributed by atoms with van der Waals surface area (Å²) in [5.41, 5.74) is 1.46. The van der Waals surface area contributed by atoms with Gasteiger partial charge < -0.3 is 5.32 Å². The van der Waals surface area contributed by atoms with Crippen LogP contribution in [0.25, 0.3) is 0 Å². The third-order valence-electron chi connectivity index (χ3n) is 3.85. The van der Waals surface area contributed by atoms with Crippen molar-refractivity contribution in [2.24, 2.45) is 5.14 Å². The number of likely N-dealkylation sites (N-methyl/N-ethyl adjacent to an activating group) is 1. The largest absolute Gasteiger partial charge is 0.325 e. The lowest BCUT2D eigenvalue weighted by Gasteiger charge is -2.24. The minimum absolute atomic E-state index is 0.0421. The lowest BCUT2D eigenvalue weighted by molar-refractivity contribution is -0.120. The number of hydrogen-bond acceptors (Lipinski definition) is 4. The van der Waals surface area contributed by atoms with E-state index in [0.717, 1.165) is 10.0 Å². The summed E-state index contributed by atoms with van der Waals surface area (Å²) in [6.07, 6.45) is 0. The summed E-state index contributed by atoms with van der Waals surface area (Å²) >= 11 is 3.50. The molecule has 2 aromatic carbocycles. The third kappa shape index (κ3) is 5.37. The molecule has 25 heavy (non-hydrogen) atoms. The van der Waals surface area contributed by atoms with Crippen LogP contribution in [0.2, 0.25) is 0 Å². The van der Waals surface area contributed by atoms with E-state index in [9.17, 15) is 13.2 Å². The van der Waals surface area contributed by atoms with Gasteiger partial charge in [0, 0.05) is 16.7 Å². The maximum absolute atomic E-state index is 12.4. The van der Waals surface area contributed by atoms with Crippen LogP contribution in [0.1, 0.15) is 12.5 Å². The summed E-state index contributed by atoms with van der Waals surface area (Å²) in [5.74, 6) is -0.235. The quantitative estimate of drug-likeness (QED) is 0.743. The second-order valence-corrected chi connectivity index (χ2v) is 8.16. The first kappa shape index (κ1) is 19.6. The van der Waals surface area contributed by atoms with E-state index in [-0.39, 0.29) is 10.8 Å². The van der Waals surface area contributed by atoms with Crippen molar-refractivity contribution in [3.05, 3.63) is 58.6 Å². The standard InChI is InChI=1S/C17H20BrN3O3S/c1-12(21(2)11-13-6-3-4-9-16(13)18)17(22)20-14-7-5-8-15(10-14)25(19,23)24/h3-10,12H,11H2,1-2H3,(H,20,22)(H2,19,23,24). The minimum atomic E-state index is -3.81. The van der Waals surface area contributed by atoms with Gasteiger partial charge in [0.25, 0.3) is 0 Å². The zero-order valence-corrected chi connectivity index (χ0v) is 16.3. The van der Waals surface area contributed by atoms with Gasteiger partial charge in [0.15, 0.2) is 0 Å². The van der Waals surface area contributed by atoms with Gasteiger partial charge in [-0.2, -0.15) is 0 Å². The molecule has 0 fully saturated rings. The number of hydrogen-bond donors (Lipinski definition) is 2. The zero-order chi connectivity index (χ0) is 18.6. The second kappa shape index (κ2) is 8.09. The van der Waals surface area contributed by atoms with E-state index in [1.165, 1.54) is 18.2 Å². The van der Waals surface area contributed by atoms with Crippen molar-refractivity contribution in [1.29, 1.82) is 0 Å². The van der Waals surface area contributed by atoms with Crippen molar-refractivity contribution in [1.82, 2.24) is 4.90 Å². The summed E-state index contributed by atoms with van der Waals surface area (Å²) in [7, 11) is -1.96. The molecule has 2 rings (SSSR count). The van der Waals surface area contributed by atoms with Crippen LogP contribution in [0.4, 0.5) is 5.69 Å². The van der Waals surface area contributed by atoms with Crippen LogP contribution < -0.4 is 10.5 Å². The van der Waals surface area contributed by atoms with E-state index in [2.05, 4.69) is 21.2 Å². The van der Waals surface area contributed by atoms with Crippen LogP contribution in [0, 0.1) is 0 Å². The minimum Gasteiger partial charge on any atom is -0.325 e. The number of carbonyl (C=O) groups is 1. The molecule has 0 spiro atoms. The predicted octanol–water partition coefficient (Wildman–Crippen LogP) is 2.56. The predicted molar refractivity (Wildman–Crippen MR) is 102 cm³/mol. The van der Waals surface area contributed by atoms with Gasteiger partial charge in [0.2, 0.25) is 15.9 Å². The molecule has 3 N–H and O–H groups in total. The maximum atomic E-state index is 12.4. The van der Waals surface area contributed by atoms with Gasteiger partial charge in [0.1, 0.15) is 0 Å². The number of rotatable bonds is 6. The molecule has 0 bridgehead atoms. The number of nitrogens with zero attached hydrogens (tertiary/aromatic N) is 1. The Morgan fingerprint density at radius 1 is 1.24 bits per heavy atom. The number of halogens is 1. The first-order valence-corrected chi connectivity index (χ1v) is 9.90. The maximum Gasteiger partial charge on any atom is 0.241 e. The summed E-state index contributed by atoms with van der Waals surface area (Å²) in [4.78, 5) is 14.3. The molecule has 0 heterocycles. The molecule has 134 valence electrons. The molecule has 1 atom stereocenters. The lowest BCUT2D eigenvalue weighted by Crippen LogP contribution is -2.39. The van der Waals surface area contributed by atoms with Gasteiger partial charge in [-0.1, -0.05) is 40.2 Å². The Bertz CT molecular complexity index is 871. The Morgan fingerprint density at radius 2 is 1.92 bits per heavy atom. The molecule has 0 radical (unpaired) electrons. The van der Waals surface area contributed by atoms with Crippen molar-refractivity contribution in [3.63, 3.8) is 0 Å². The highest BCUT2D eigenvalue weighted by Crippen LogP contribution is 2.19. The van der Waals surface area contributed by atoms with Crippen LogP contribution in [-0.2, 0) is 21.4 Å². The van der Waals surface area contributed by atoms with Crippen molar-refractivity contribution >= 4 is 37.5 Å². The lowest BCUT2D eigenvalue weighted by atomic mass is 10.2. The number of amides is 1. The Balaban J connectivity index is 2.06. The van der Waals surface area contributed by atoms with Gasteiger partial charge in [-0.05, 0) is 43.8 Å². The van der Waals surface area contributed by atoms with Crippen LogP contribution in [-0.4, -0.2) is 32.3 Å². The summed E-state index contributed by atoms with van der Waals surface area (Å²) in [6, 6.07) is 13.3. The number of anilines is 1. The van der Waals surface area contributed by atoms with Gasteiger partial charge in [-0.3, -0.25) is 9.69 Å². The molecule has 0 aromatic heterocycles. The van der Waals surface area contributed by atoms with E-state index in [0.29, 0.717) is 12.2 Å². The Hall–Kier alpha value is -1.74. The molecular weight excluding hydrogens is 406 g/mol. The Kier molecular flexibility index (Phi) is 6.34. The smallest absolute Gasteiger partial charge is 0.241 e. The van der Waals surface area contributed by atoms with Crippen LogP contribution in [0.5, 0.6) is 0 Å². The molecule has 0 aliphatic carbocycles. The average molecular weight is 426 g/mol. The van der Waals surface area contributed by atoms with E-state index in [1.807, 2.05) is 36.2 Å². The van der Waals surface area contributed by atoms with E-state index in [1.54, 1.807) is 13.0 Å². The highest BCUT2D eigenvalue weighted by Gasteiger charge is 2.19. The molecule has 0 aliphatic heterocycles. The Labute approximate surface area is 156 Å². The molecule has 2 aromatic rings. The highest BCUT2D eigenvalue weighted by molar-refractivity contribution is 9.10. The summed E-state index contributed by atoms with van der Waals surface area (Å²) in [5, 5.41) is 7.83. The number of nitrogens with one attached hydrogen (secondary N) is 1. The van der Waals surface area contributed by atoms with Gasteiger partial charge in [-0.25, -0.2) is 13.6 Å². The normalized spacial score (nSPS) is 12.8. The third-order valence-corrected chi connectivity index (χ3v) is 5.53. The molecule has 0 saturated carbocycles. The number of sulfonamides is 1. The SMILES string of the molecule is CC(C(=O)Nc1cccc(S(N)(=O)=O)c1)N(C)Cc1ccccc1Br. The number of primary sulfonamides is 1. The average Bonchev–Trinajstić information content (AvgIpc) is 2.55. The fourth-order valence-electron chi connectivity index (χ4n) is 2.23. The van der Waals surface area contributed by atoms with Gasteiger partial charge >= 0.3 is 0 Å². The first-order chi connectivity index (χ1) is 11.7. The highest BCUT2D eigenvalue weighted by atomic mass is 79.9. The Morgan fingerprint density at radius 3 is 2.56 bits per heavy atom. The number of benzene rings is 2. The molecule has 1 amide bonds. The number of nitrogens with two attached hydrogens (primary N) is 1. The zero-order valence-electron chi connectivity index (χ0n) is 13.9. The topological polar surface area (TPSA) is 92.5 Å². The van der Waals surface area contributed by atoms with Gasteiger partial charge in [-0.15, -0.1) is 0 Å². The van der Waals surface area contributed by atoms with Crippen LogP contribution in [0.3, 0.4) is 0 Å². The fourth-order valence-corrected chi connectivity index (χ4v) is 3.20. The van der Waals surface area contributed by atoms with E-state index < -0.39 is 16.1 Å². The van der Waals surface area contributed by atoms with Crippen LogP contribution in [0.15, 0.2) is 57.9 Å². The molecule has 0 aliphatic rings. The summed E-state index contributed by atoms with van der Waals surface area (Å²) in [6.45, 7) is 2.38. The molecule has 8 heteroatoms. The van der Waals surface area contributed by atoms with E-state index >= 15 is 0 Å². The van der Waals surface area contributed by atoms with Crippen molar-refractivity contribution in [3.8, 4) is 0 Å². The molecule has 6 nitrogen and oxygen atoms in total. The van der Waals surface area contributed by atoms with Crippen molar-refractivity contribution in [2.75, 3.05) is 12.4 Å². The monoisotopic (exact) mass is 425 g/mol. The second-order valence-electron chi connectivity index (χ2n) is 5.74.